The van der Waals surface area contributed by atoms with E-state index in [1.807, 2.05) is 0 Å². The molecule has 0 aliphatic heterocycles. The van der Waals surface area contributed by atoms with Gasteiger partial charge in [-0.15, -0.1) is 0 Å². The van der Waals surface area contributed by atoms with Crippen molar-refractivity contribution in [2.45, 2.75) is 6.54 Å². The average molecular weight is 234 g/mol. The Morgan fingerprint density at radius 1 is 1.47 bits per heavy atom. The van der Waals surface area contributed by atoms with Gasteiger partial charge in [-0.25, -0.2) is 0 Å². The van der Waals surface area contributed by atoms with Crippen LogP contribution in [-0.4, -0.2) is 22.6 Å². The van der Waals surface area contributed by atoms with Crippen molar-refractivity contribution in [2.75, 3.05) is 7.11 Å². The largest absolute Gasteiger partial charge is 0.468 e. The third-order valence-corrected chi connectivity index (χ3v) is 2.49. The summed E-state index contributed by atoms with van der Waals surface area (Å²) in [4.78, 5) is 21.6. The van der Waals surface area contributed by atoms with E-state index in [-0.39, 0.29) is 12.2 Å². The molecule has 0 aliphatic carbocycles. The molecule has 1 aromatic heterocycles. The minimum atomic E-state index is -0.462. The van der Waals surface area contributed by atoms with Crippen LogP contribution in [0.2, 0.25) is 0 Å². The zero-order valence-corrected chi connectivity index (χ0v) is 9.12. The van der Waals surface area contributed by atoms with Crippen LogP contribution in [0.15, 0.2) is 30.5 Å². The van der Waals surface area contributed by atoms with Crippen LogP contribution in [-0.2, 0) is 16.1 Å². The van der Waals surface area contributed by atoms with E-state index in [1.54, 1.807) is 24.4 Å². The first-order valence-electron chi connectivity index (χ1n) is 4.92. The number of hydrogen-bond donors (Lipinski definition) is 0. The van der Waals surface area contributed by atoms with E-state index >= 15 is 0 Å². The molecule has 0 fully saturated rings. The van der Waals surface area contributed by atoms with Crippen LogP contribution in [0.4, 0.5) is 5.69 Å². The van der Waals surface area contributed by atoms with Gasteiger partial charge in [-0.05, 0) is 6.07 Å². The van der Waals surface area contributed by atoms with Crippen LogP contribution in [0, 0.1) is 10.1 Å². The topological polar surface area (TPSA) is 74.4 Å². The SMILES string of the molecule is COC(=O)Cn1ccc2cccc([N+](=O)[O-])c21. The first-order chi connectivity index (χ1) is 8.13. The van der Waals surface area contributed by atoms with Crippen molar-refractivity contribution in [3.8, 4) is 0 Å². The first kappa shape index (κ1) is 11.1. The van der Waals surface area contributed by atoms with Gasteiger partial charge in [0, 0.05) is 17.6 Å². The molecule has 0 spiro atoms. The van der Waals surface area contributed by atoms with Gasteiger partial charge in [0.15, 0.2) is 0 Å². The summed E-state index contributed by atoms with van der Waals surface area (Å²) < 4.78 is 6.06. The number of nitro benzene ring substituents is 1. The Balaban J connectivity index is 2.57. The Morgan fingerprint density at radius 3 is 2.88 bits per heavy atom. The molecule has 0 saturated carbocycles. The second-order valence-corrected chi connectivity index (χ2v) is 3.49. The second kappa shape index (κ2) is 4.25. The summed E-state index contributed by atoms with van der Waals surface area (Å²) in [5, 5.41) is 11.6. The van der Waals surface area contributed by atoms with Crippen LogP contribution < -0.4 is 0 Å². The lowest BCUT2D eigenvalue weighted by molar-refractivity contribution is -0.383. The predicted octanol–water partition coefficient (Wildman–Crippen LogP) is 1.72. The first-order valence-corrected chi connectivity index (χ1v) is 4.92. The van der Waals surface area contributed by atoms with Crippen molar-refractivity contribution in [3.63, 3.8) is 0 Å². The molecule has 0 saturated heterocycles. The summed E-state index contributed by atoms with van der Waals surface area (Å²) in [5.74, 6) is -0.444. The maximum absolute atomic E-state index is 11.2. The molecule has 6 heteroatoms. The van der Waals surface area contributed by atoms with Gasteiger partial charge in [0.2, 0.25) is 0 Å². The number of carbonyl (C=O) groups excluding carboxylic acids is 1. The predicted molar refractivity (Wildman–Crippen MR) is 60.6 cm³/mol. The number of ether oxygens (including phenoxy) is 1. The van der Waals surface area contributed by atoms with Crippen molar-refractivity contribution < 1.29 is 14.5 Å². The number of non-ortho nitro benzene ring substituents is 1. The lowest BCUT2D eigenvalue weighted by Crippen LogP contribution is -2.11. The molecule has 0 N–H and O–H groups in total. The van der Waals surface area contributed by atoms with Crippen molar-refractivity contribution in [2.24, 2.45) is 0 Å². The fourth-order valence-corrected chi connectivity index (χ4v) is 1.72. The zero-order valence-electron chi connectivity index (χ0n) is 9.12. The molecule has 2 rings (SSSR count). The fraction of sp³-hybridized carbons (Fsp3) is 0.182. The Bertz CT molecular complexity index is 588. The lowest BCUT2D eigenvalue weighted by atomic mass is 10.2. The van der Waals surface area contributed by atoms with E-state index in [1.165, 1.54) is 17.7 Å². The van der Waals surface area contributed by atoms with Crippen LogP contribution in [0.1, 0.15) is 0 Å². The van der Waals surface area contributed by atoms with Crippen LogP contribution in [0.25, 0.3) is 10.9 Å². The molecule has 0 aliphatic rings. The van der Waals surface area contributed by atoms with Gasteiger partial charge in [-0.1, -0.05) is 12.1 Å². The number of para-hydroxylation sites is 1. The molecule has 0 radical (unpaired) electrons. The van der Waals surface area contributed by atoms with Gasteiger partial charge >= 0.3 is 5.97 Å². The van der Waals surface area contributed by atoms with E-state index < -0.39 is 10.9 Å². The van der Waals surface area contributed by atoms with Gasteiger partial charge in [0.1, 0.15) is 12.1 Å². The monoisotopic (exact) mass is 234 g/mol. The summed E-state index contributed by atoms with van der Waals surface area (Å²) in [6.07, 6.45) is 1.63. The highest BCUT2D eigenvalue weighted by Gasteiger charge is 2.16. The van der Waals surface area contributed by atoms with E-state index in [2.05, 4.69) is 4.74 Å². The maximum Gasteiger partial charge on any atom is 0.325 e. The summed E-state index contributed by atoms with van der Waals surface area (Å²) in [6.45, 7) is -0.0369. The van der Waals surface area contributed by atoms with Gasteiger partial charge in [0.05, 0.1) is 12.0 Å². The standard InChI is InChI=1S/C11H10N2O4/c1-17-10(14)7-12-6-5-8-3-2-4-9(11(8)12)13(15)16/h2-6H,7H2,1H3. The van der Waals surface area contributed by atoms with Crippen molar-refractivity contribution in [1.29, 1.82) is 0 Å². The highest BCUT2D eigenvalue weighted by atomic mass is 16.6. The second-order valence-electron chi connectivity index (χ2n) is 3.49. The molecule has 6 nitrogen and oxygen atoms in total. The van der Waals surface area contributed by atoms with Crippen LogP contribution >= 0.6 is 0 Å². The van der Waals surface area contributed by atoms with E-state index in [9.17, 15) is 14.9 Å². The number of benzene rings is 1. The number of esters is 1. The molecule has 88 valence electrons. The number of nitrogens with zero attached hydrogens (tertiary/aromatic N) is 2. The van der Waals surface area contributed by atoms with Crippen molar-refractivity contribution in [3.05, 3.63) is 40.6 Å². The molecular weight excluding hydrogens is 224 g/mol. The maximum atomic E-state index is 11.2. The van der Waals surface area contributed by atoms with Crippen LogP contribution in [0.3, 0.4) is 0 Å². The van der Waals surface area contributed by atoms with E-state index in [4.69, 9.17) is 0 Å². The summed E-state index contributed by atoms with van der Waals surface area (Å²) in [6, 6.07) is 6.51. The molecule has 0 atom stereocenters. The highest BCUT2D eigenvalue weighted by Crippen LogP contribution is 2.26. The average Bonchev–Trinajstić information content (AvgIpc) is 2.72. The summed E-state index contributed by atoms with van der Waals surface area (Å²) in [5.41, 5.74) is 0.416. The Labute approximate surface area is 96.6 Å². The van der Waals surface area contributed by atoms with Gasteiger partial charge < -0.3 is 9.30 Å². The number of nitro groups is 1. The Morgan fingerprint density at radius 2 is 2.24 bits per heavy atom. The highest BCUT2D eigenvalue weighted by molar-refractivity contribution is 5.89. The number of aromatic nitrogens is 1. The fourth-order valence-electron chi connectivity index (χ4n) is 1.72. The van der Waals surface area contributed by atoms with Crippen molar-refractivity contribution in [1.82, 2.24) is 4.57 Å². The van der Waals surface area contributed by atoms with Crippen molar-refractivity contribution >= 4 is 22.6 Å². The number of methoxy groups -OCH3 is 1. The molecule has 0 bridgehead atoms. The van der Waals surface area contributed by atoms with Gasteiger partial charge in [-0.3, -0.25) is 14.9 Å². The molecule has 0 unspecified atom stereocenters. The lowest BCUT2D eigenvalue weighted by Gasteiger charge is -2.03. The summed E-state index contributed by atoms with van der Waals surface area (Å²) in [7, 11) is 1.28. The van der Waals surface area contributed by atoms with E-state index in [0.717, 1.165) is 5.39 Å². The molecule has 1 heterocycles. The zero-order chi connectivity index (χ0) is 12.4. The quantitative estimate of drug-likeness (QED) is 0.460. The number of hydrogen-bond acceptors (Lipinski definition) is 4. The smallest absolute Gasteiger partial charge is 0.325 e. The molecule has 2 aromatic rings. The van der Waals surface area contributed by atoms with Gasteiger partial charge in [0.25, 0.3) is 5.69 Å². The van der Waals surface area contributed by atoms with Gasteiger partial charge in [-0.2, -0.15) is 0 Å². The Kier molecular flexibility index (Phi) is 2.78. The molecule has 0 amide bonds. The third-order valence-electron chi connectivity index (χ3n) is 2.49. The summed E-state index contributed by atoms with van der Waals surface area (Å²) >= 11 is 0. The minimum absolute atomic E-state index is 0.0172. The number of carbonyl (C=O) groups is 1. The Hall–Kier alpha value is -2.37. The normalized spacial score (nSPS) is 10.4. The minimum Gasteiger partial charge on any atom is -0.468 e. The third kappa shape index (κ3) is 1.96. The number of rotatable bonds is 3. The molecular formula is C11H10N2O4. The van der Waals surface area contributed by atoms with Crippen LogP contribution in [0.5, 0.6) is 0 Å². The number of fused-ring (bicyclic) bond motifs is 1. The molecule has 17 heavy (non-hydrogen) atoms. The van der Waals surface area contributed by atoms with E-state index in [0.29, 0.717) is 5.52 Å². The molecule has 1 aromatic carbocycles.